The number of aryl methyl sites for hydroxylation is 1. The minimum Gasteiger partial charge on any atom is -0.493 e. The van der Waals surface area contributed by atoms with Gasteiger partial charge in [-0.2, -0.15) is 5.10 Å². The normalized spacial score (nSPS) is 20.7. The summed E-state index contributed by atoms with van der Waals surface area (Å²) in [4.78, 5) is 27.2. The van der Waals surface area contributed by atoms with Crippen LogP contribution in [0.15, 0.2) is 54.7 Å². The first-order valence-electron chi connectivity index (χ1n) is 13.1. The van der Waals surface area contributed by atoms with Crippen LogP contribution in [0.4, 0.5) is 10.1 Å². The van der Waals surface area contributed by atoms with Gasteiger partial charge in [-0.3, -0.25) is 14.3 Å². The van der Waals surface area contributed by atoms with Gasteiger partial charge in [0, 0.05) is 49.0 Å². The van der Waals surface area contributed by atoms with Gasteiger partial charge in [0.2, 0.25) is 5.91 Å². The number of para-hydroxylation sites is 1. The van der Waals surface area contributed by atoms with E-state index in [1.807, 2.05) is 24.3 Å². The fraction of sp³-hybridized carbons (Fsp3) is 0.414. The van der Waals surface area contributed by atoms with Crippen molar-refractivity contribution in [1.82, 2.24) is 15.1 Å². The molecule has 2 aliphatic heterocycles. The summed E-state index contributed by atoms with van der Waals surface area (Å²) in [6.45, 7) is 1.72. The van der Waals surface area contributed by atoms with Crippen LogP contribution in [0.25, 0.3) is 0 Å². The predicted octanol–water partition coefficient (Wildman–Crippen LogP) is 4.15. The van der Waals surface area contributed by atoms with E-state index in [4.69, 9.17) is 9.47 Å². The van der Waals surface area contributed by atoms with Crippen molar-refractivity contribution in [2.24, 2.45) is 12.5 Å². The molecule has 3 heterocycles. The lowest BCUT2D eigenvalue weighted by atomic mass is 9.76. The molecule has 1 spiro atoms. The second kappa shape index (κ2) is 9.87. The molecule has 2 aromatic carbocycles. The molecule has 1 aromatic heterocycles. The SMILES string of the molecule is Cn1nccc1C(=O)N[C@H](C(=O)Nc1ccc(C2CCOCC2)c(F)c1)C1c2ccccc2OCC12CC2. The first-order chi connectivity index (χ1) is 18.4. The first-order valence-corrected chi connectivity index (χ1v) is 13.1. The van der Waals surface area contributed by atoms with Crippen LogP contribution < -0.4 is 15.4 Å². The van der Waals surface area contributed by atoms with E-state index in [0.717, 1.165) is 37.0 Å². The predicted molar refractivity (Wildman–Crippen MR) is 139 cm³/mol. The van der Waals surface area contributed by atoms with Crippen LogP contribution in [0.5, 0.6) is 5.75 Å². The van der Waals surface area contributed by atoms with Gasteiger partial charge < -0.3 is 20.1 Å². The molecule has 198 valence electrons. The summed E-state index contributed by atoms with van der Waals surface area (Å²) in [5.41, 5.74) is 1.99. The van der Waals surface area contributed by atoms with Crippen LogP contribution in [-0.4, -0.2) is 47.5 Å². The summed E-state index contributed by atoms with van der Waals surface area (Å²) >= 11 is 0. The smallest absolute Gasteiger partial charge is 0.270 e. The Morgan fingerprint density at radius 3 is 2.61 bits per heavy atom. The third-order valence-electron chi connectivity index (χ3n) is 8.21. The number of anilines is 1. The highest BCUT2D eigenvalue weighted by Gasteiger charge is 2.57. The van der Waals surface area contributed by atoms with E-state index in [9.17, 15) is 9.59 Å². The van der Waals surface area contributed by atoms with Gasteiger partial charge in [0.05, 0.1) is 6.61 Å². The maximum atomic E-state index is 15.1. The van der Waals surface area contributed by atoms with Crippen LogP contribution in [0.2, 0.25) is 0 Å². The molecule has 2 fully saturated rings. The Morgan fingerprint density at radius 1 is 1.11 bits per heavy atom. The topological polar surface area (TPSA) is 94.5 Å². The van der Waals surface area contributed by atoms with Crippen molar-refractivity contribution in [3.05, 3.63) is 77.4 Å². The highest BCUT2D eigenvalue weighted by Crippen LogP contribution is 2.61. The summed E-state index contributed by atoms with van der Waals surface area (Å²) in [6, 6.07) is 13.2. The summed E-state index contributed by atoms with van der Waals surface area (Å²) < 4.78 is 28.0. The van der Waals surface area contributed by atoms with Gasteiger partial charge in [-0.1, -0.05) is 24.3 Å². The maximum Gasteiger partial charge on any atom is 0.270 e. The zero-order valence-corrected chi connectivity index (χ0v) is 21.3. The number of carbonyl (C=O) groups is 2. The average molecular weight is 519 g/mol. The van der Waals surface area contributed by atoms with E-state index in [0.29, 0.717) is 36.8 Å². The van der Waals surface area contributed by atoms with E-state index in [1.54, 1.807) is 31.4 Å². The summed E-state index contributed by atoms with van der Waals surface area (Å²) in [5, 5.41) is 9.97. The lowest BCUT2D eigenvalue weighted by Crippen LogP contribution is -2.52. The van der Waals surface area contributed by atoms with Crippen molar-refractivity contribution in [3.8, 4) is 5.75 Å². The monoisotopic (exact) mass is 518 g/mol. The molecule has 1 saturated heterocycles. The lowest BCUT2D eigenvalue weighted by Gasteiger charge is -2.38. The minimum absolute atomic E-state index is 0.105. The molecule has 1 unspecified atom stereocenters. The molecule has 0 radical (unpaired) electrons. The molecular formula is C29H31FN4O4. The molecule has 8 nitrogen and oxygen atoms in total. The van der Waals surface area contributed by atoms with Gasteiger partial charge >= 0.3 is 0 Å². The van der Waals surface area contributed by atoms with Crippen molar-refractivity contribution in [1.29, 1.82) is 0 Å². The zero-order valence-electron chi connectivity index (χ0n) is 21.3. The van der Waals surface area contributed by atoms with Crippen LogP contribution in [-0.2, 0) is 16.6 Å². The van der Waals surface area contributed by atoms with E-state index < -0.39 is 17.9 Å². The Morgan fingerprint density at radius 2 is 1.89 bits per heavy atom. The highest BCUT2D eigenvalue weighted by atomic mass is 19.1. The summed E-state index contributed by atoms with van der Waals surface area (Å²) in [7, 11) is 1.68. The van der Waals surface area contributed by atoms with Gasteiger partial charge in [0.1, 0.15) is 23.3 Å². The van der Waals surface area contributed by atoms with Crippen molar-refractivity contribution in [2.75, 3.05) is 25.1 Å². The number of hydrogen-bond acceptors (Lipinski definition) is 5. The zero-order chi connectivity index (χ0) is 26.3. The minimum atomic E-state index is -0.900. The number of amides is 2. The molecule has 3 aromatic rings. The van der Waals surface area contributed by atoms with Crippen molar-refractivity contribution < 1.29 is 23.5 Å². The number of fused-ring (bicyclic) bond motifs is 1. The number of halogens is 1. The fourth-order valence-corrected chi connectivity index (χ4v) is 5.94. The molecule has 3 aliphatic rings. The van der Waals surface area contributed by atoms with E-state index in [2.05, 4.69) is 15.7 Å². The van der Waals surface area contributed by atoms with Crippen molar-refractivity contribution >= 4 is 17.5 Å². The molecule has 6 rings (SSSR count). The van der Waals surface area contributed by atoms with Crippen molar-refractivity contribution in [3.63, 3.8) is 0 Å². The van der Waals surface area contributed by atoms with Crippen LogP contribution in [0.3, 0.4) is 0 Å². The van der Waals surface area contributed by atoms with E-state index in [1.165, 1.54) is 10.7 Å². The molecule has 1 saturated carbocycles. The van der Waals surface area contributed by atoms with E-state index in [-0.39, 0.29) is 23.1 Å². The molecule has 2 atom stereocenters. The van der Waals surface area contributed by atoms with E-state index >= 15 is 4.39 Å². The second-order valence-corrected chi connectivity index (χ2v) is 10.6. The molecular weight excluding hydrogens is 487 g/mol. The van der Waals surface area contributed by atoms with Crippen molar-refractivity contribution in [2.45, 2.75) is 43.6 Å². The summed E-state index contributed by atoms with van der Waals surface area (Å²) in [6.07, 6.45) is 4.88. The number of benzene rings is 2. The molecule has 0 bridgehead atoms. The Balaban J connectivity index is 1.31. The Hall–Kier alpha value is -3.72. The average Bonchev–Trinajstić information content (AvgIpc) is 3.56. The number of nitrogens with one attached hydrogen (secondary N) is 2. The number of nitrogens with zero attached hydrogens (tertiary/aromatic N) is 2. The van der Waals surface area contributed by atoms with Crippen LogP contribution in [0.1, 0.15) is 59.1 Å². The van der Waals surface area contributed by atoms with Gasteiger partial charge in [0.25, 0.3) is 5.91 Å². The molecule has 2 N–H and O–H groups in total. The third kappa shape index (κ3) is 4.55. The molecule has 9 heteroatoms. The molecule has 38 heavy (non-hydrogen) atoms. The van der Waals surface area contributed by atoms with Crippen LogP contribution >= 0.6 is 0 Å². The fourth-order valence-electron chi connectivity index (χ4n) is 5.94. The Kier molecular flexibility index (Phi) is 6.39. The lowest BCUT2D eigenvalue weighted by molar-refractivity contribution is -0.119. The standard InChI is InChI=1S/C29H31FN4O4/c1-34-23(8-13-31-34)27(35)33-26(25-21-4-2-3-5-24(21)38-17-29(25)11-12-29)28(36)32-19-6-7-20(22(30)16-19)18-9-14-37-15-10-18/h2-8,13,16,18,25-26H,9-12,14-15,17H2,1H3,(H,32,36)(H,33,35)/t25?,26-/m0/s1. The number of carbonyl (C=O) groups excluding carboxylic acids is 2. The Bertz CT molecular complexity index is 1360. The number of hydrogen-bond donors (Lipinski definition) is 2. The first kappa shape index (κ1) is 24.6. The quantitative estimate of drug-likeness (QED) is 0.512. The Labute approximate surface area is 220 Å². The molecule has 2 amide bonds. The summed E-state index contributed by atoms with van der Waals surface area (Å²) in [5.74, 6) is -0.615. The van der Waals surface area contributed by atoms with Gasteiger partial charge in [-0.05, 0) is 61.4 Å². The third-order valence-corrected chi connectivity index (χ3v) is 8.21. The largest absolute Gasteiger partial charge is 0.493 e. The number of ether oxygens (including phenoxy) is 2. The highest BCUT2D eigenvalue weighted by molar-refractivity contribution is 6.01. The van der Waals surface area contributed by atoms with Gasteiger partial charge in [0.15, 0.2) is 0 Å². The van der Waals surface area contributed by atoms with Crippen LogP contribution in [0, 0.1) is 11.2 Å². The molecule has 1 aliphatic carbocycles. The van der Waals surface area contributed by atoms with Gasteiger partial charge in [-0.25, -0.2) is 4.39 Å². The number of rotatable bonds is 6. The van der Waals surface area contributed by atoms with Gasteiger partial charge in [-0.15, -0.1) is 0 Å². The second-order valence-electron chi connectivity index (χ2n) is 10.6. The number of aromatic nitrogens is 2. The maximum absolute atomic E-state index is 15.1.